The van der Waals surface area contributed by atoms with Crippen LogP contribution < -0.4 is 10.6 Å². The quantitative estimate of drug-likeness (QED) is 0.431. The van der Waals surface area contributed by atoms with Crippen molar-refractivity contribution in [3.05, 3.63) is 18.0 Å². The van der Waals surface area contributed by atoms with E-state index < -0.39 is 15.6 Å². The van der Waals surface area contributed by atoms with Gasteiger partial charge < -0.3 is 34.3 Å². The lowest BCUT2D eigenvalue weighted by Crippen LogP contribution is -2.53. The number of methoxy groups -OCH3 is 1. The second-order valence-corrected chi connectivity index (χ2v) is 16.0. The van der Waals surface area contributed by atoms with Gasteiger partial charge in [0.2, 0.25) is 0 Å². The van der Waals surface area contributed by atoms with Gasteiger partial charge in [0.25, 0.3) is 5.91 Å². The minimum Gasteiger partial charge on any atom is -0.444 e. The zero-order valence-electron chi connectivity index (χ0n) is 24.0. The van der Waals surface area contributed by atoms with Gasteiger partial charge in [-0.05, 0) is 52.9 Å². The van der Waals surface area contributed by atoms with E-state index in [0.29, 0.717) is 61.9 Å². The van der Waals surface area contributed by atoms with Crippen LogP contribution in [-0.4, -0.2) is 107 Å². The molecule has 0 radical (unpaired) electrons. The van der Waals surface area contributed by atoms with Crippen molar-refractivity contribution < 1.29 is 23.8 Å². The summed E-state index contributed by atoms with van der Waals surface area (Å²) in [7, 11) is 0.973. The molecule has 2 atom stereocenters. The predicted molar refractivity (Wildman–Crippen MR) is 152 cm³/mol. The first-order chi connectivity index (χ1) is 17.8. The number of nitrogens with zero attached hydrogens (tertiary/aromatic N) is 4. The summed E-state index contributed by atoms with van der Waals surface area (Å²) in [5.41, 5.74) is 0.983. The summed E-state index contributed by atoms with van der Waals surface area (Å²) in [4.78, 5) is 36.4. The number of nitrogens with one attached hydrogen (secondary N) is 2. The van der Waals surface area contributed by atoms with Crippen molar-refractivity contribution in [3.8, 4) is 0 Å². The largest absolute Gasteiger partial charge is 0.444 e. The Bertz CT molecular complexity index is 1110. The van der Waals surface area contributed by atoms with Gasteiger partial charge in [-0.1, -0.05) is 0 Å². The third kappa shape index (κ3) is 8.21. The van der Waals surface area contributed by atoms with Crippen LogP contribution in [0.1, 0.15) is 44.5 Å². The van der Waals surface area contributed by atoms with Gasteiger partial charge in [0.1, 0.15) is 23.7 Å². The Kier molecular flexibility index (Phi) is 9.88. The number of ether oxygens (including phenoxy) is 3. The molecule has 1 aliphatic rings. The fraction of sp³-hybridized carbons (Fsp3) is 0.692. The minimum absolute atomic E-state index is 0.0938. The monoisotopic (exact) mass is 552 g/mol. The summed E-state index contributed by atoms with van der Waals surface area (Å²) in [6, 6.07) is -0.0938. The van der Waals surface area contributed by atoms with Gasteiger partial charge in [0, 0.05) is 32.1 Å². The molecule has 0 bridgehead atoms. The normalized spacial score (nSPS) is 18.9. The van der Waals surface area contributed by atoms with Crippen molar-refractivity contribution in [2.24, 2.45) is 0 Å². The summed E-state index contributed by atoms with van der Waals surface area (Å²) >= 11 is 0. The smallest absolute Gasteiger partial charge is 0.410 e. The van der Waals surface area contributed by atoms with Crippen molar-refractivity contribution >= 4 is 39.0 Å². The van der Waals surface area contributed by atoms with Crippen molar-refractivity contribution in [3.63, 3.8) is 0 Å². The molecule has 3 rings (SSSR count). The van der Waals surface area contributed by atoms with E-state index >= 15 is 0 Å². The SMILES string of the molecule is CCNC(=O)c1cn(COCCS(C)(C)C)c2ncc(N[C@@H]3CCN(C(=O)OC(C)(C)C)C[C@H]3OC)nc12. The number of amides is 2. The molecule has 1 saturated heterocycles. The second kappa shape index (κ2) is 12.5. The van der Waals surface area contributed by atoms with E-state index in [1.165, 1.54) is 0 Å². The molecule has 2 N–H and O–H groups in total. The molecule has 0 saturated carbocycles. The summed E-state index contributed by atoms with van der Waals surface area (Å²) in [6.45, 7) is 9.79. The number of carbonyl (C=O) groups is 2. The highest BCUT2D eigenvalue weighted by atomic mass is 32.3. The Labute approximate surface area is 227 Å². The van der Waals surface area contributed by atoms with Crippen LogP contribution >= 0.6 is 10.0 Å². The molecular weight excluding hydrogens is 508 g/mol. The number of carbonyl (C=O) groups excluding carboxylic acids is 2. The average molecular weight is 553 g/mol. The highest BCUT2D eigenvalue weighted by Gasteiger charge is 2.34. The summed E-state index contributed by atoms with van der Waals surface area (Å²) < 4.78 is 19.0. The summed E-state index contributed by atoms with van der Waals surface area (Å²) in [5, 5.41) is 6.27. The Balaban J connectivity index is 1.76. The number of fused-ring (bicyclic) bond motifs is 1. The lowest BCUT2D eigenvalue weighted by Gasteiger charge is -2.38. The minimum atomic E-state index is -0.653. The highest BCUT2D eigenvalue weighted by molar-refractivity contribution is 8.32. The van der Waals surface area contributed by atoms with Crippen LogP contribution in [0.4, 0.5) is 10.6 Å². The zero-order chi connectivity index (χ0) is 28.1. The topological polar surface area (TPSA) is 120 Å². The van der Waals surface area contributed by atoms with Crippen LogP contribution in [0.2, 0.25) is 0 Å². The van der Waals surface area contributed by atoms with Crippen molar-refractivity contribution in [2.75, 3.05) is 63.2 Å². The number of rotatable bonds is 10. The average Bonchev–Trinajstić information content (AvgIpc) is 3.18. The van der Waals surface area contributed by atoms with E-state index in [4.69, 9.17) is 19.2 Å². The zero-order valence-corrected chi connectivity index (χ0v) is 24.8. The van der Waals surface area contributed by atoms with Crippen molar-refractivity contribution in [1.82, 2.24) is 24.8 Å². The molecule has 3 heterocycles. The number of likely N-dealkylation sites (tertiary alicyclic amines) is 1. The fourth-order valence-electron chi connectivity index (χ4n) is 4.12. The Hall–Kier alpha value is -2.57. The molecule has 38 heavy (non-hydrogen) atoms. The molecule has 2 aromatic heterocycles. The molecule has 0 aliphatic carbocycles. The molecule has 12 heteroatoms. The number of anilines is 1. The molecular formula is C26H44N6O5S. The van der Waals surface area contributed by atoms with Gasteiger partial charge in [-0.15, -0.1) is 0 Å². The molecule has 2 aromatic rings. The fourth-order valence-corrected chi connectivity index (χ4v) is 4.73. The second-order valence-electron chi connectivity index (χ2n) is 11.4. The highest BCUT2D eigenvalue weighted by Crippen LogP contribution is 2.33. The van der Waals surface area contributed by atoms with Crippen LogP contribution in [0.3, 0.4) is 0 Å². The van der Waals surface area contributed by atoms with E-state index in [9.17, 15) is 9.59 Å². The molecule has 0 unspecified atom stereocenters. The molecule has 11 nitrogen and oxygen atoms in total. The van der Waals surface area contributed by atoms with Crippen LogP contribution in [0.25, 0.3) is 11.2 Å². The van der Waals surface area contributed by atoms with Gasteiger partial charge in [-0.2, -0.15) is 0 Å². The van der Waals surface area contributed by atoms with Gasteiger partial charge in [-0.25, -0.2) is 24.8 Å². The Morgan fingerprint density at radius 2 is 1.97 bits per heavy atom. The van der Waals surface area contributed by atoms with E-state index in [0.717, 1.165) is 5.75 Å². The van der Waals surface area contributed by atoms with Crippen LogP contribution in [0.15, 0.2) is 12.4 Å². The van der Waals surface area contributed by atoms with Crippen molar-refractivity contribution in [2.45, 2.75) is 58.6 Å². The third-order valence-electron chi connectivity index (χ3n) is 6.06. The Morgan fingerprint density at radius 1 is 1.24 bits per heavy atom. The Morgan fingerprint density at radius 3 is 2.61 bits per heavy atom. The maximum Gasteiger partial charge on any atom is 0.410 e. The molecule has 1 aliphatic heterocycles. The number of hydrogen-bond donors (Lipinski definition) is 2. The lowest BCUT2D eigenvalue weighted by molar-refractivity contribution is -0.0101. The molecule has 214 valence electrons. The molecule has 2 amide bonds. The maximum atomic E-state index is 12.8. The molecule has 0 spiro atoms. The van der Waals surface area contributed by atoms with Gasteiger partial charge in [0.05, 0.1) is 37.1 Å². The summed E-state index contributed by atoms with van der Waals surface area (Å²) in [5.74, 6) is 1.33. The maximum absolute atomic E-state index is 12.8. The van der Waals surface area contributed by atoms with Crippen LogP contribution in [-0.2, 0) is 20.9 Å². The first-order valence-electron chi connectivity index (χ1n) is 13.0. The van der Waals surface area contributed by atoms with Crippen LogP contribution in [0.5, 0.6) is 0 Å². The third-order valence-corrected chi connectivity index (χ3v) is 7.46. The van der Waals surface area contributed by atoms with E-state index in [1.54, 1.807) is 24.4 Å². The first-order valence-corrected chi connectivity index (χ1v) is 16.0. The summed E-state index contributed by atoms with van der Waals surface area (Å²) in [6.07, 6.45) is 10.2. The number of piperidine rings is 1. The van der Waals surface area contributed by atoms with E-state index in [1.807, 2.05) is 32.3 Å². The van der Waals surface area contributed by atoms with Crippen LogP contribution in [0, 0.1) is 0 Å². The number of hydrogen-bond acceptors (Lipinski definition) is 8. The lowest BCUT2D eigenvalue weighted by atomic mass is 10.0. The molecule has 1 fully saturated rings. The van der Waals surface area contributed by atoms with Crippen molar-refractivity contribution in [1.29, 1.82) is 0 Å². The van der Waals surface area contributed by atoms with E-state index in [-0.39, 0.29) is 24.1 Å². The van der Waals surface area contributed by atoms with Gasteiger partial charge in [-0.3, -0.25) is 4.79 Å². The molecule has 0 aromatic carbocycles. The van der Waals surface area contributed by atoms with Gasteiger partial charge >= 0.3 is 6.09 Å². The predicted octanol–water partition coefficient (Wildman–Crippen LogP) is 3.29. The first kappa shape index (κ1) is 30.0. The van der Waals surface area contributed by atoms with E-state index in [2.05, 4.69) is 34.4 Å². The number of aromatic nitrogens is 3. The standard InChI is InChI=1S/C26H44N6O5S/c1-9-27-24(33)18-15-32(17-36-12-13-38(6,7)8)23-22(18)30-21(14-28-23)29-19-10-11-31(16-20(19)35-5)25(34)37-26(2,3)4/h14-15,19-20H,9-13,16-17H2,1-8H3,(H,27,33)(H,29,30)/t19-,20-/m1/s1. The van der Waals surface area contributed by atoms with Gasteiger partial charge in [0.15, 0.2) is 5.65 Å².